The summed E-state index contributed by atoms with van der Waals surface area (Å²) in [5.74, 6) is 0.287. The third kappa shape index (κ3) is 6.00. The van der Waals surface area contributed by atoms with Crippen molar-refractivity contribution >= 4 is 29.4 Å². The molecule has 206 valence electrons. The Balaban J connectivity index is 1.27. The summed E-state index contributed by atoms with van der Waals surface area (Å²) < 4.78 is 18.8. The molecule has 5 rings (SSSR count). The van der Waals surface area contributed by atoms with Crippen LogP contribution < -0.4 is 9.64 Å². The monoisotopic (exact) mass is 562 g/mol. The molecule has 40 heavy (non-hydrogen) atoms. The van der Waals surface area contributed by atoms with Gasteiger partial charge in [-0.05, 0) is 54.8 Å². The molecule has 11 heteroatoms. The Morgan fingerprint density at radius 1 is 1.05 bits per heavy atom. The molecular formula is C29H28ClFN6O3. The summed E-state index contributed by atoms with van der Waals surface area (Å²) in [6.45, 7) is 2.13. The number of benzene rings is 2. The molecular weight excluding hydrogens is 535 g/mol. The van der Waals surface area contributed by atoms with Crippen molar-refractivity contribution < 1.29 is 18.7 Å². The summed E-state index contributed by atoms with van der Waals surface area (Å²) >= 11 is 6.12. The highest BCUT2D eigenvalue weighted by molar-refractivity contribution is 6.30. The van der Waals surface area contributed by atoms with Gasteiger partial charge >= 0.3 is 6.09 Å². The van der Waals surface area contributed by atoms with E-state index in [1.807, 2.05) is 23.1 Å². The number of nitriles is 1. The number of likely N-dealkylation sites (N-methyl/N-ethyl adjacent to an activating group) is 1. The lowest BCUT2D eigenvalue weighted by Gasteiger charge is -2.33. The van der Waals surface area contributed by atoms with Gasteiger partial charge in [0, 0.05) is 50.1 Å². The minimum Gasteiger partial charge on any atom is -0.410 e. The minimum absolute atomic E-state index is 0.0623. The molecule has 2 aliphatic heterocycles. The molecule has 0 saturated carbocycles. The third-order valence-corrected chi connectivity index (χ3v) is 7.88. The molecule has 3 heterocycles. The molecule has 0 N–H and O–H groups in total. The standard InChI is InChI=1S/C29H28ClFN6O3/c1-35(29(39)40-24-8-6-22(31)7-9-24)26-18-37(17-25(26)19-2-4-21(30)5-3-19)28(38)20-10-12-36(13-11-20)27-16-33-23(14-32)15-34-27/h2-9,15-16,20,25-26H,10-13,17-18H2,1H3/t25-,26+/m0/s1. The Hall–Kier alpha value is -4.23. The molecule has 1 aromatic heterocycles. The van der Waals surface area contributed by atoms with Gasteiger partial charge in [-0.15, -0.1) is 0 Å². The van der Waals surface area contributed by atoms with Crippen LogP contribution in [0.3, 0.4) is 0 Å². The number of hydrogen-bond donors (Lipinski definition) is 0. The number of carbonyl (C=O) groups excluding carboxylic acids is 2. The van der Waals surface area contributed by atoms with Crippen LogP contribution >= 0.6 is 11.6 Å². The molecule has 3 aromatic rings. The van der Waals surface area contributed by atoms with Crippen LogP contribution in [0.25, 0.3) is 0 Å². The number of nitrogens with zero attached hydrogens (tertiary/aromatic N) is 6. The highest BCUT2D eigenvalue weighted by atomic mass is 35.5. The van der Waals surface area contributed by atoms with Gasteiger partial charge in [0.15, 0.2) is 5.69 Å². The predicted molar refractivity (Wildman–Crippen MR) is 146 cm³/mol. The van der Waals surface area contributed by atoms with E-state index in [2.05, 4.69) is 14.9 Å². The van der Waals surface area contributed by atoms with Crippen molar-refractivity contribution in [2.24, 2.45) is 5.92 Å². The maximum Gasteiger partial charge on any atom is 0.415 e. The number of anilines is 1. The maximum atomic E-state index is 13.7. The van der Waals surface area contributed by atoms with Gasteiger partial charge < -0.3 is 19.4 Å². The Labute approximate surface area is 236 Å². The number of likely N-dealkylation sites (tertiary alicyclic amines) is 1. The number of rotatable bonds is 5. The predicted octanol–water partition coefficient (Wildman–Crippen LogP) is 4.48. The van der Waals surface area contributed by atoms with Gasteiger partial charge in [0.05, 0.1) is 18.4 Å². The fraction of sp³-hybridized carbons (Fsp3) is 0.345. The number of halogens is 2. The lowest BCUT2D eigenvalue weighted by atomic mass is 9.93. The van der Waals surface area contributed by atoms with Gasteiger partial charge in [-0.3, -0.25) is 4.79 Å². The molecule has 2 saturated heterocycles. The van der Waals surface area contributed by atoms with Crippen LogP contribution in [-0.2, 0) is 4.79 Å². The van der Waals surface area contributed by atoms with Crippen molar-refractivity contribution in [1.82, 2.24) is 19.8 Å². The topological polar surface area (TPSA) is 103 Å². The first-order valence-corrected chi connectivity index (χ1v) is 13.4. The second-order valence-corrected chi connectivity index (χ2v) is 10.5. The van der Waals surface area contributed by atoms with E-state index < -0.39 is 11.9 Å². The first-order chi connectivity index (χ1) is 19.3. The van der Waals surface area contributed by atoms with Crippen molar-refractivity contribution in [3.63, 3.8) is 0 Å². The van der Waals surface area contributed by atoms with E-state index in [0.717, 1.165) is 5.56 Å². The normalized spacial score (nSPS) is 19.2. The van der Waals surface area contributed by atoms with E-state index in [-0.39, 0.29) is 35.2 Å². The fourth-order valence-electron chi connectivity index (χ4n) is 5.36. The smallest absolute Gasteiger partial charge is 0.410 e. The summed E-state index contributed by atoms with van der Waals surface area (Å²) in [5, 5.41) is 9.55. The van der Waals surface area contributed by atoms with Gasteiger partial charge in [-0.25, -0.2) is 19.2 Å². The van der Waals surface area contributed by atoms with Gasteiger partial charge in [0.1, 0.15) is 23.5 Å². The quantitative estimate of drug-likeness (QED) is 0.451. The molecule has 2 aliphatic rings. The molecule has 2 aromatic carbocycles. The van der Waals surface area contributed by atoms with Gasteiger partial charge in [0.25, 0.3) is 0 Å². The maximum absolute atomic E-state index is 13.7. The number of hydrogen-bond acceptors (Lipinski definition) is 7. The number of carbonyl (C=O) groups is 2. The second kappa shape index (κ2) is 11.9. The average Bonchev–Trinajstić information content (AvgIpc) is 3.43. The van der Waals surface area contributed by atoms with E-state index in [9.17, 15) is 14.0 Å². The number of aromatic nitrogens is 2. The molecule has 9 nitrogen and oxygen atoms in total. The Morgan fingerprint density at radius 2 is 1.75 bits per heavy atom. The number of piperidine rings is 1. The summed E-state index contributed by atoms with van der Waals surface area (Å²) in [7, 11) is 1.66. The van der Waals surface area contributed by atoms with Crippen LogP contribution in [0.15, 0.2) is 60.9 Å². The van der Waals surface area contributed by atoms with Crippen LogP contribution in [0.4, 0.5) is 15.0 Å². The van der Waals surface area contributed by atoms with E-state index in [4.69, 9.17) is 21.6 Å². The van der Waals surface area contributed by atoms with Gasteiger partial charge in [-0.2, -0.15) is 5.26 Å². The zero-order valence-electron chi connectivity index (χ0n) is 21.9. The van der Waals surface area contributed by atoms with E-state index in [0.29, 0.717) is 49.9 Å². The van der Waals surface area contributed by atoms with Gasteiger partial charge in [0.2, 0.25) is 5.91 Å². The molecule has 0 spiro atoms. The highest BCUT2D eigenvalue weighted by Crippen LogP contribution is 2.34. The van der Waals surface area contributed by atoms with Crippen LogP contribution in [0.1, 0.15) is 30.0 Å². The van der Waals surface area contributed by atoms with Crippen molar-refractivity contribution in [1.29, 1.82) is 5.26 Å². The van der Waals surface area contributed by atoms with Crippen LogP contribution in [-0.4, -0.2) is 71.0 Å². The van der Waals surface area contributed by atoms with Crippen LogP contribution in [0.5, 0.6) is 5.75 Å². The van der Waals surface area contributed by atoms with E-state index in [1.165, 1.54) is 35.4 Å². The number of ether oxygens (including phenoxy) is 1. The zero-order valence-corrected chi connectivity index (χ0v) is 22.7. The van der Waals surface area contributed by atoms with E-state index >= 15 is 0 Å². The van der Waals surface area contributed by atoms with E-state index in [1.54, 1.807) is 25.4 Å². The van der Waals surface area contributed by atoms with Crippen molar-refractivity contribution in [3.8, 4) is 11.8 Å². The Bertz CT molecular complexity index is 1390. The van der Waals surface area contributed by atoms with Gasteiger partial charge in [-0.1, -0.05) is 23.7 Å². The number of amides is 2. The fourth-order valence-corrected chi connectivity index (χ4v) is 5.49. The average molecular weight is 563 g/mol. The summed E-state index contributed by atoms with van der Waals surface area (Å²) in [6, 6.07) is 14.3. The van der Waals surface area contributed by atoms with Crippen LogP contribution in [0.2, 0.25) is 5.02 Å². The Morgan fingerprint density at radius 3 is 2.38 bits per heavy atom. The second-order valence-electron chi connectivity index (χ2n) is 10.0. The van der Waals surface area contributed by atoms with Crippen molar-refractivity contribution in [2.45, 2.75) is 24.8 Å². The summed E-state index contributed by atoms with van der Waals surface area (Å²) in [4.78, 5) is 40.6. The Kier molecular flexibility index (Phi) is 8.12. The van der Waals surface area contributed by atoms with Crippen molar-refractivity contribution in [3.05, 3.63) is 83.0 Å². The zero-order chi connectivity index (χ0) is 28.2. The lowest BCUT2D eigenvalue weighted by molar-refractivity contribution is -0.135. The highest BCUT2D eigenvalue weighted by Gasteiger charge is 2.42. The molecule has 0 bridgehead atoms. The van der Waals surface area contributed by atoms with Crippen LogP contribution in [0, 0.1) is 23.1 Å². The minimum atomic E-state index is -0.582. The SMILES string of the molecule is CN(C(=O)Oc1ccc(F)cc1)[C@@H]1CN(C(=O)C2CCN(c3cnc(C#N)cn3)CC2)C[C@H]1c1ccc(Cl)cc1. The molecule has 0 radical (unpaired) electrons. The van der Waals surface area contributed by atoms with Crippen molar-refractivity contribution in [2.75, 3.05) is 38.1 Å². The summed E-state index contributed by atoms with van der Waals surface area (Å²) in [5.41, 5.74) is 1.24. The first kappa shape index (κ1) is 27.3. The molecule has 0 unspecified atom stereocenters. The largest absolute Gasteiger partial charge is 0.415 e. The first-order valence-electron chi connectivity index (χ1n) is 13.0. The third-order valence-electron chi connectivity index (χ3n) is 7.62. The molecule has 0 aliphatic carbocycles. The lowest BCUT2D eigenvalue weighted by Crippen LogP contribution is -2.45. The molecule has 2 amide bonds. The summed E-state index contributed by atoms with van der Waals surface area (Å²) in [6.07, 6.45) is 3.78. The molecule has 2 fully saturated rings. The molecule has 2 atom stereocenters.